The molecule has 6 nitrogen and oxygen atoms in total. The van der Waals surface area contributed by atoms with Gasteiger partial charge in [-0.3, -0.25) is 4.98 Å². The largest absolute Gasteiger partial charge is 0.490 e. The number of carboxylic acid groups (broad SMARTS) is 1. The predicted molar refractivity (Wildman–Crippen MR) is 90.2 cm³/mol. The minimum Gasteiger partial charge on any atom is -0.475 e. The Hall–Kier alpha value is -2.59. The van der Waals surface area contributed by atoms with Crippen LogP contribution in [0.3, 0.4) is 0 Å². The van der Waals surface area contributed by atoms with E-state index in [-0.39, 0.29) is 12.2 Å². The minimum absolute atomic E-state index is 0.227. The number of hydrogen-bond donors (Lipinski definition) is 3. The van der Waals surface area contributed by atoms with E-state index in [0.717, 1.165) is 11.8 Å². The second-order valence-electron chi connectivity index (χ2n) is 4.74. The number of urea groups is 1. The average molecular weight is 428 g/mol. The number of anilines is 1. The van der Waals surface area contributed by atoms with Crippen LogP contribution in [0.1, 0.15) is 5.56 Å². The Morgan fingerprint density at radius 1 is 1.15 bits per heavy atom. The lowest BCUT2D eigenvalue weighted by atomic mass is 10.2. The molecule has 1 aromatic heterocycles. The quantitative estimate of drug-likeness (QED) is 0.629. The summed E-state index contributed by atoms with van der Waals surface area (Å²) in [5.41, 5.74) is 0.994. The van der Waals surface area contributed by atoms with E-state index in [0.29, 0.717) is 10.0 Å². The van der Waals surface area contributed by atoms with Crippen molar-refractivity contribution >= 4 is 40.9 Å². The molecule has 0 aliphatic rings. The highest BCUT2D eigenvalue weighted by molar-refractivity contribution is 6.35. The second-order valence-corrected chi connectivity index (χ2v) is 5.58. The van der Waals surface area contributed by atoms with Gasteiger partial charge < -0.3 is 15.7 Å². The normalized spacial score (nSPS) is 10.4. The zero-order valence-electron chi connectivity index (χ0n) is 13.1. The van der Waals surface area contributed by atoms with Gasteiger partial charge in [-0.2, -0.15) is 13.2 Å². The van der Waals surface area contributed by atoms with Crippen LogP contribution in [0, 0.1) is 5.82 Å². The van der Waals surface area contributed by atoms with E-state index in [2.05, 4.69) is 15.6 Å². The Balaban J connectivity index is 0.000000445. The van der Waals surface area contributed by atoms with Crippen LogP contribution in [0.25, 0.3) is 0 Å². The summed E-state index contributed by atoms with van der Waals surface area (Å²) in [4.78, 5) is 24.2. The van der Waals surface area contributed by atoms with Crippen LogP contribution in [0.4, 0.5) is 28.0 Å². The third-order valence-corrected chi connectivity index (χ3v) is 3.25. The fourth-order valence-electron chi connectivity index (χ4n) is 1.50. The highest BCUT2D eigenvalue weighted by atomic mass is 35.5. The molecule has 1 heterocycles. The molecule has 12 heteroatoms. The lowest BCUT2D eigenvalue weighted by molar-refractivity contribution is -0.192. The molecule has 2 amide bonds. The van der Waals surface area contributed by atoms with Crippen molar-refractivity contribution in [3.05, 3.63) is 58.1 Å². The van der Waals surface area contributed by atoms with Crippen molar-refractivity contribution < 1.29 is 32.3 Å². The molecule has 146 valence electrons. The minimum atomic E-state index is -5.08. The summed E-state index contributed by atoms with van der Waals surface area (Å²) in [5, 5.41) is 13.2. The molecule has 0 atom stereocenters. The van der Waals surface area contributed by atoms with Crippen LogP contribution < -0.4 is 10.6 Å². The van der Waals surface area contributed by atoms with Gasteiger partial charge in [-0.25, -0.2) is 14.0 Å². The first-order valence-electron chi connectivity index (χ1n) is 6.88. The number of aliphatic carboxylic acids is 1. The number of alkyl halides is 3. The summed E-state index contributed by atoms with van der Waals surface area (Å²) in [6, 6.07) is 5.67. The van der Waals surface area contributed by atoms with Crippen LogP contribution in [-0.4, -0.2) is 28.3 Å². The van der Waals surface area contributed by atoms with Gasteiger partial charge in [0.25, 0.3) is 0 Å². The van der Waals surface area contributed by atoms with E-state index >= 15 is 0 Å². The second kappa shape index (κ2) is 9.93. The SMILES string of the molecule is O=C(NCc1ccc(Cl)cc1Cl)Nc1cncc(F)c1.O=C(O)C(F)(F)F. The van der Waals surface area contributed by atoms with Gasteiger partial charge >= 0.3 is 18.2 Å². The van der Waals surface area contributed by atoms with Crippen molar-refractivity contribution in [2.45, 2.75) is 12.7 Å². The molecule has 0 spiro atoms. The maximum Gasteiger partial charge on any atom is 0.490 e. The molecule has 1 aromatic carbocycles. The molecule has 2 rings (SSSR count). The fourth-order valence-corrected chi connectivity index (χ4v) is 1.97. The van der Waals surface area contributed by atoms with Crippen molar-refractivity contribution in [1.29, 1.82) is 0 Å². The molecule has 0 unspecified atom stereocenters. The summed E-state index contributed by atoms with van der Waals surface area (Å²) in [7, 11) is 0. The molecule has 0 radical (unpaired) electrons. The van der Waals surface area contributed by atoms with Gasteiger partial charge in [0, 0.05) is 22.7 Å². The molecule has 27 heavy (non-hydrogen) atoms. The fraction of sp³-hybridized carbons (Fsp3) is 0.133. The Labute approximate surface area is 160 Å². The summed E-state index contributed by atoms with van der Waals surface area (Å²) < 4.78 is 44.6. The number of nitrogens with one attached hydrogen (secondary N) is 2. The molecule has 2 aromatic rings. The van der Waals surface area contributed by atoms with E-state index in [4.69, 9.17) is 33.1 Å². The number of benzene rings is 1. The molecule has 0 fully saturated rings. The average Bonchev–Trinajstić information content (AvgIpc) is 2.53. The van der Waals surface area contributed by atoms with Crippen LogP contribution in [-0.2, 0) is 11.3 Å². The molecule has 0 aliphatic heterocycles. The van der Waals surface area contributed by atoms with E-state index in [9.17, 15) is 22.4 Å². The maximum absolute atomic E-state index is 12.9. The number of pyridine rings is 1. The number of rotatable bonds is 3. The highest BCUT2D eigenvalue weighted by Gasteiger charge is 2.38. The number of carbonyl (C=O) groups is 2. The Kier molecular flexibility index (Phi) is 8.26. The standard InChI is InChI=1S/C13H10Cl2FN3O.C2HF3O2/c14-9-2-1-8(12(15)3-9)5-18-13(20)19-11-4-10(16)6-17-7-11;3-2(4,5)1(6)7/h1-4,6-7H,5H2,(H2,18,19,20);(H,6,7). The third kappa shape index (κ3) is 8.56. The van der Waals surface area contributed by atoms with Crippen LogP contribution >= 0.6 is 23.2 Å². The predicted octanol–water partition coefficient (Wildman–Crippen LogP) is 4.48. The van der Waals surface area contributed by atoms with Gasteiger partial charge in [-0.15, -0.1) is 0 Å². The van der Waals surface area contributed by atoms with Gasteiger partial charge in [0.05, 0.1) is 18.1 Å². The number of nitrogens with zero attached hydrogens (tertiary/aromatic N) is 1. The first kappa shape index (κ1) is 22.5. The molecular weight excluding hydrogens is 417 g/mol. The summed E-state index contributed by atoms with van der Waals surface area (Å²) in [5.74, 6) is -3.28. The lowest BCUT2D eigenvalue weighted by Gasteiger charge is -2.08. The number of halogens is 6. The first-order valence-corrected chi connectivity index (χ1v) is 7.64. The highest BCUT2D eigenvalue weighted by Crippen LogP contribution is 2.20. The number of aromatic nitrogens is 1. The third-order valence-electron chi connectivity index (χ3n) is 2.66. The Morgan fingerprint density at radius 2 is 1.78 bits per heavy atom. The van der Waals surface area contributed by atoms with E-state index in [1.165, 1.54) is 12.3 Å². The van der Waals surface area contributed by atoms with Gasteiger partial charge in [0.1, 0.15) is 5.82 Å². The number of carboxylic acids is 1. The van der Waals surface area contributed by atoms with Crippen molar-refractivity contribution in [3.63, 3.8) is 0 Å². The van der Waals surface area contributed by atoms with Crippen LogP contribution in [0.15, 0.2) is 36.7 Å². The Bertz CT molecular complexity index is 819. The van der Waals surface area contributed by atoms with Crippen molar-refractivity contribution in [1.82, 2.24) is 10.3 Å². The topological polar surface area (TPSA) is 91.3 Å². The number of hydrogen-bond acceptors (Lipinski definition) is 3. The van der Waals surface area contributed by atoms with Crippen molar-refractivity contribution in [3.8, 4) is 0 Å². The first-order chi connectivity index (χ1) is 12.5. The van der Waals surface area contributed by atoms with Gasteiger partial charge in [-0.1, -0.05) is 29.3 Å². The summed E-state index contributed by atoms with van der Waals surface area (Å²) >= 11 is 11.8. The van der Waals surface area contributed by atoms with E-state index < -0.39 is 24.0 Å². The van der Waals surface area contributed by atoms with Gasteiger partial charge in [-0.05, 0) is 17.7 Å². The monoisotopic (exact) mass is 427 g/mol. The zero-order valence-corrected chi connectivity index (χ0v) is 14.7. The zero-order chi connectivity index (χ0) is 20.6. The number of amides is 2. The lowest BCUT2D eigenvalue weighted by Crippen LogP contribution is -2.28. The van der Waals surface area contributed by atoms with Crippen LogP contribution in [0.2, 0.25) is 10.0 Å². The van der Waals surface area contributed by atoms with Gasteiger partial charge in [0.2, 0.25) is 0 Å². The van der Waals surface area contributed by atoms with Gasteiger partial charge in [0.15, 0.2) is 0 Å². The summed E-state index contributed by atoms with van der Waals surface area (Å²) in [6.07, 6.45) is -2.69. The van der Waals surface area contributed by atoms with E-state index in [1.54, 1.807) is 18.2 Å². The maximum atomic E-state index is 12.9. The number of carbonyl (C=O) groups excluding carboxylic acids is 1. The molecule has 0 aliphatic carbocycles. The Morgan fingerprint density at radius 3 is 2.30 bits per heavy atom. The smallest absolute Gasteiger partial charge is 0.475 e. The van der Waals surface area contributed by atoms with Crippen molar-refractivity contribution in [2.24, 2.45) is 0 Å². The molecule has 3 N–H and O–H groups in total. The molecule has 0 saturated heterocycles. The molecular formula is C15H11Cl2F4N3O3. The van der Waals surface area contributed by atoms with Crippen LogP contribution in [0.5, 0.6) is 0 Å². The molecule has 0 saturated carbocycles. The van der Waals surface area contributed by atoms with Crippen molar-refractivity contribution in [2.75, 3.05) is 5.32 Å². The van der Waals surface area contributed by atoms with E-state index in [1.807, 2.05) is 0 Å². The molecule has 0 bridgehead atoms. The summed E-state index contributed by atoms with van der Waals surface area (Å²) in [6.45, 7) is 0.227.